The van der Waals surface area contributed by atoms with E-state index in [9.17, 15) is 18.0 Å². The normalized spacial score (nSPS) is 18.0. The molecule has 1 aliphatic rings. The van der Waals surface area contributed by atoms with Gasteiger partial charge in [0.25, 0.3) is 5.56 Å². The van der Waals surface area contributed by atoms with E-state index in [0.717, 1.165) is 12.8 Å². The minimum Gasteiger partial charge on any atom is -0.322 e. The van der Waals surface area contributed by atoms with Gasteiger partial charge < -0.3 is 9.13 Å². The molecule has 0 radical (unpaired) electrons. The molecule has 0 saturated carbocycles. The molecule has 0 bridgehead atoms. The molecule has 0 spiro atoms. The molecule has 1 fully saturated rings. The molecule has 1 atom stereocenters. The zero-order valence-corrected chi connectivity index (χ0v) is 20.0. The van der Waals surface area contributed by atoms with Crippen molar-refractivity contribution in [1.29, 1.82) is 0 Å². The van der Waals surface area contributed by atoms with Gasteiger partial charge in [-0.1, -0.05) is 25.1 Å². The molecule has 0 amide bonds. The van der Waals surface area contributed by atoms with E-state index in [-0.39, 0.29) is 17.4 Å². The van der Waals surface area contributed by atoms with E-state index in [2.05, 4.69) is 20.2 Å². The summed E-state index contributed by atoms with van der Waals surface area (Å²) in [4.78, 5) is 32.0. The number of fused-ring (bicyclic) bond motifs is 1. The number of hydrogen-bond acceptors (Lipinski definition) is 8. The highest BCUT2D eigenvalue weighted by atomic mass is 32.2. The van der Waals surface area contributed by atoms with Gasteiger partial charge >= 0.3 is 5.69 Å². The summed E-state index contributed by atoms with van der Waals surface area (Å²) in [7, 11) is -1.18. The Morgan fingerprint density at radius 2 is 1.97 bits per heavy atom. The number of nitrogens with zero attached hydrogens (tertiary/aromatic N) is 6. The molecule has 4 heterocycles. The molecule has 13 heteroatoms. The van der Waals surface area contributed by atoms with Crippen LogP contribution in [-0.4, -0.2) is 53.8 Å². The van der Waals surface area contributed by atoms with E-state index < -0.39 is 21.1 Å². The van der Waals surface area contributed by atoms with E-state index in [4.69, 9.17) is 0 Å². The van der Waals surface area contributed by atoms with Crippen molar-refractivity contribution in [3.8, 4) is 0 Å². The van der Waals surface area contributed by atoms with Crippen LogP contribution in [0.25, 0.3) is 11.2 Å². The van der Waals surface area contributed by atoms with E-state index >= 15 is 0 Å². The number of sulfone groups is 1. The van der Waals surface area contributed by atoms with Crippen molar-refractivity contribution >= 4 is 32.8 Å². The molecule has 1 unspecified atom stereocenters. The van der Waals surface area contributed by atoms with Crippen LogP contribution in [0, 0.1) is 0 Å². The van der Waals surface area contributed by atoms with Gasteiger partial charge in [-0.25, -0.2) is 18.2 Å². The number of H-pyrrole nitrogens is 1. The summed E-state index contributed by atoms with van der Waals surface area (Å²) in [5.41, 5.74) is -0.0832. The maximum atomic E-state index is 12.5. The largest absolute Gasteiger partial charge is 0.330 e. The Bertz CT molecular complexity index is 1370. The van der Waals surface area contributed by atoms with Gasteiger partial charge in [0, 0.05) is 26.1 Å². The van der Waals surface area contributed by atoms with Crippen LogP contribution >= 0.6 is 11.8 Å². The smallest absolute Gasteiger partial charge is 0.322 e. The van der Waals surface area contributed by atoms with Gasteiger partial charge in [-0.05, 0) is 19.8 Å². The van der Waals surface area contributed by atoms with Gasteiger partial charge in [0.1, 0.15) is 11.6 Å². The standard InChI is InChI=1S/C19H27N7O4S2/c1-4-6-8-26-16-14(17(27)21-18(26)28)25(5-2)13(20-16)10-31-19-23-22-15(24(19)3)12-7-9-32(29,30)11-12/h12H,4-11H2,1-3H3,(H,21,27,28). The number of aryl methyl sites for hydroxylation is 2. The maximum absolute atomic E-state index is 12.5. The third-order valence-corrected chi connectivity index (χ3v) is 8.60. The third-order valence-electron chi connectivity index (χ3n) is 5.81. The predicted molar refractivity (Wildman–Crippen MR) is 122 cm³/mol. The summed E-state index contributed by atoms with van der Waals surface area (Å²) >= 11 is 1.42. The van der Waals surface area contributed by atoms with Crippen molar-refractivity contribution in [1.82, 2.24) is 33.9 Å². The summed E-state index contributed by atoms with van der Waals surface area (Å²) < 4.78 is 28.8. The second kappa shape index (κ2) is 8.85. The first-order valence-corrected chi connectivity index (χ1v) is 13.5. The molecule has 0 aromatic carbocycles. The van der Waals surface area contributed by atoms with Crippen LogP contribution in [0.4, 0.5) is 0 Å². The highest BCUT2D eigenvalue weighted by Crippen LogP contribution is 2.30. The van der Waals surface area contributed by atoms with Crippen molar-refractivity contribution in [3.63, 3.8) is 0 Å². The number of aromatic nitrogens is 7. The Balaban J connectivity index is 1.64. The Labute approximate surface area is 189 Å². The SMILES string of the molecule is CCCCn1c(=O)[nH]c(=O)c2c1nc(CSc1nnc(C3CCS(=O)(=O)C3)n1C)n2CC. The first-order valence-electron chi connectivity index (χ1n) is 10.7. The van der Waals surface area contributed by atoms with Crippen molar-refractivity contribution in [2.75, 3.05) is 11.5 Å². The van der Waals surface area contributed by atoms with Crippen LogP contribution in [0.1, 0.15) is 50.7 Å². The van der Waals surface area contributed by atoms with Crippen LogP contribution in [-0.2, 0) is 35.7 Å². The monoisotopic (exact) mass is 481 g/mol. The lowest BCUT2D eigenvalue weighted by Gasteiger charge is -2.08. The molecule has 1 N–H and O–H groups in total. The van der Waals surface area contributed by atoms with Gasteiger partial charge in [0.05, 0.1) is 17.3 Å². The molecule has 174 valence electrons. The second-order valence-electron chi connectivity index (χ2n) is 8.00. The van der Waals surface area contributed by atoms with E-state index in [1.54, 1.807) is 0 Å². The molecule has 32 heavy (non-hydrogen) atoms. The van der Waals surface area contributed by atoms with Crippen molar-refractivity contribution in [2.45, 2.75) is 63.0 Å². The van der Waals surface area contributed by atoms with Gasteiger partial charge in [0.15, 0.2) is 26.2 Å². The molecular weight excluding hydrogens is 454 g/mol. The van der Waals surface area contributed by atoms with Crippen LogP contribution in [0.2, 0.25) is 0 Å². The minimum absolute atomic E-state index is 0.104. The fourth-order valence-corrected chi connectivity index (χ4v) is 6.73. The number of aromatic amines is 1. The minimum atomic E-state index is -3.01. The van der Waals surface area contributed by atoms with Crippen molar-refractivity contribution in [3.05, 3.63) is 32.5 Å². The van der Waals surface area contributed by atoms with Crippen LogP contribution in [0.3, 0.4) is 0 Å². The number of imidazole rings is 1. The van der Waals surface area contributed by atoms with Crippen LogP contribution in [0.5, 0.6) is 0 Å². The zero-order chi connectivity index (χ0) is 23.0. The molecule has 3 aromatic heterocycles. The Kier molecular flexibility index (Phi) is 6.30. The summed E-state index contributed by atoms with van der Waals surface area (Å²) in [6.07, 6.45) is 2.28. The van der Waals surface area contributed by atoms with E-state index in [0.29, 0.717) is 53.2 Å². The Hall–Kier alpha value is -2.41. The fraction of sp³-hybridized carbons (Fsp3) is 0.632. The topological polar surface area (TPSA) is 138 Å². The van der Waals surface area contributed by atoms with Crippen molar-refractivity contribution < 1.29 is 8.42 Å². The van der Waals surface area contributed by atoms with Gasteiger partial charge in [-0.2, -0.15) is 0 Å². The number of hydrogen-bond donors (Lipinski definition) is 1. The number of rotatable bonds is 8. The summed E-state index contributed by atoms with van der Waals surface area (Å²) in [5.74, 6) is 1.91. The molecule has 4 rings (SSSR count). The average molecular weight is 482 g/mol. The summed E-state index contributed by atoms with van der Waals surface area (Å²) in [6.45, 7) is 4.99. The first kappa shape index (κ1) is 22.8. The fourth-order valence-electron chi connectivity index (χ4n) is 4.13. The van der Waals surface area contributed by atoms with Crippen LogP contribution < -0.4 is 11.2 Å². The lowest BCUT2D eigenvalue weighted by molar-refractivity contribution is 0.599. The summed E-state index contributed by atoms with van der Waals surface area (Å²) in [5, 5.41) is 9.13. The van der Waals surface area contributed by atoms with Gasteiger partial charge in [0.2, 0.25) is 0 Å². The number of unbranched alkanes of at least 4 members (excludes halogenated alkanes) is 1. The van der Waals surface area contributed by atoms with E-state index in [1.807, 2.05) is 30.0 Å². The van der Waals surface area contributed by atoms with Crippen LogP contribution in [0.15, 0.2) is 14.7 Å². The molecule has 0 aliphatic carbocycles. The highest BCUT2D eigenvalue weighted by molar-refractivity contribution is 7.98. The molecule has 11 nitrogen and oxygen atoms in total. The van der Waals surface area contributed by atoms with Gasteiger partial charge in [-0.3, -0.25) is 14.3 Å². The quantitative estimate of drug-likeness (QED) is 0.471. The number of thioether (sulfide) groups is 1. The first-order chi connectivity index (χ1) is 15.3. The molecule has 3 aromatic rings. The lowest BCUT2D eigenvalue weighted by atomic mass is 10.1. The second-order valence-corrected chi connectivity index (χ2v) is 11.2. The molecule has 1 saturated heterocycles. The third kappa shape index (κ3) is 4.15. The lowest BCUT2D eigenvalue weighted by Crippen LogP contribution is -2.31. The zero-order valence-electron chi connectivity index (χ0n) is 18.4. The van der Waals surface area contributed by atoms with E-state index in [1.165, 1.54) is 16.3 Å². The molecule has 1 aliphatic heterocycles. The summed E-state index contributed by atoms with van der Waals surface area (Å²) in [6, 6.07) is 0. The van der Waals surface area contributed by atoms with Crippen molar-refractivity contribution in [2.24, 2.45) is 7.05 Å². The molecular formula is C19H27N7O4S2. The Morgan fingerprint density at radius 3 is 2.62 bits per heavy atom. The highest BCUT2D eigenvalue weighted by Gasteiger charge is 2.32. The Morgan fingerprint density at radius 1 is 1.19 bits per heavy atom. The predicted octanol–water partition coefficient (Wildman–Crippen LogP) is 1.03. The average Bonchev–Trinajstić information content (AvgIpc) is 3.40. The number of nitrogens with one attached hydrogen (secondary N) is 1. The maximum Gasteiger partial charge on any atom is 0.330 e. The van der Waals surface area contributed by atoms with Gasteiger partial charge in [-0.15, -0.1) is 10.2 Å².